The summed E-state index contributed by atoms with van der Waals surface area (Å²) in [5.74, 6) is -3.17. The van der Waals surface area contributed by atoms with Crippen molar-refractivity contribution in [3.63, 3.8) is 0 Å². The number of nitrogens with zero attached hydrogens (tertiary/aromatic N) is 4. The highest BCUT2D eigenvalue weighted by atomic mass is 35.5. The minimum atomic E-state index is -5.08. The quantitative estimate of drug-likeness (QED) is 0.300. The van der Waals surface area contributed by atoms with E-state index < -0.39 is 22.2 Å². The van der Waals surface area contributed by atoms with Gasteiger partial charge in [0.05, 0.1) is 32.6 Å². The van der Waals surface area contributed by atoms with E-state index in [1.165, 1.54) is 11.8 Å². The Morgan fingerprint density at radius 1 is 1.13 bits per heavy atom. The Kier molecular flexibility index (Phi) is 10.6. The molecule has 3 N–H and O–H groups in total. The summed E-state index contributed by atoms with van der Waals surface area (Å²) in [6.07, 6.45) is -1.43. The largest absolute Gasteiger partial charge is 0.490 e. The van der Waals surface area contributed by atoms with Crippen molar-refractivity contribution in [2.45, 2.75) is 13.1 Å². The smallest absolute Gasteiger partial charge is 0.475 e. The van der Waals surface area contributed by atoms with E-state index in [2.05, 4.69) is 42.9 Å². The number of hydrogen-bond donors (Lipinski definition) is 3. The molecule has 1 saturated heterocycles. The van der Waals surface area contributed by atoms with Gasteiger partial charge in [-0.15, -0.1) is 0 Å². The molecular formula is C28H28ClF3N6O5S2. The molecule has 0 aliphatic carbocycles. The van der Waals surface area contributed by atoms with Gasteiger partial charge < -0.3 is 20.2 Å². The summed E-state index contributed by atoms with van der Waals surface area (Å²) in [4.78, 5) is 35.4. The van der Waals surface area contributed by atoms with Crippen LogP contribution in [0.4, 0.5) is 30.2 Å². The molecule has 45 heavy (non-hydrogen) atoms. The summed E-state index contributed by atoms with van der Waals surface area (Å²) in [6, 6.07) is 12.7. The first-order chi connectivity index (χ1) is 21.1. The molecule has 3 aromatic rings. The van der Waals surface area contributed by atoms with Crippen LogP contribution in [0.15, 0.2) is 58.6 Å². The number of thioether (sulfide) groups is 1. The summed E-state index contributed by atoms with van der Waals surface area (Å²) < 4.78 is 58.1. The second-order valence-corrected chi connectivity index (χ2v) is 13.3. The van der Waals surface area contributed by atoms with Gasteiger partial charge in [-0.2, -0.15) is 18.2 Å². The molecule has 2 aliphatic heterocycles. The number of carboxylic acids is 1. The number of aliphatic imine (C=N–C) groups is 1. The Labute approximate surface area is 266 Å². The average Bonchev–Trinajstić information content (AvgIpc) is 3.32. The zero-order valence-corrected chi connectivity index (χ0v) is 26.3. The van der Waals surface area contributed by atoms with Gasteiger partial charge in [-0.05, 0) is 73.8 Å². The van der Waals surface area contributed by atoms with Gasteiger partial charge in [0.1, 0.15) is 0 Å². The lowest BCUT2D eigenvalue weighted by molar-refractivity contribution is -0.192. The van der Waals surface area contributed by atoms with E-state index in [0.29, 0.717) is 26.5 Å². The molecule has 2 aliphatic rings. The standard InChI is InChI=1S/C26H27ClN6O3S2.C2HF3O2/c1-3-38(35,36)31-18-5-6-20(27)22(16-18)29-26-30-25(34)24(37-26)15-17-4-7-21-19(14-17)23(8-9-28-21)33-12-10-32(2)11-13-33;3-2(4,5)1(6)7/h4-9,14-16,31H,3,10-13H2,1-2H3,(H,29,30,34);(H,6,7)/b24-15-;. The fourth-order valence-electron chi connectivity index (χ4n) is 4.23. The van der Waals surface area contributed by atoms with Gasteiger partial charge >= 0.3 is 12.1 Å². The first-order valence-corrected chi connectivity index (χ1v) is 16.2. The summed E-state index contributed by atoms with van der Waals surface area (Å²) in [5.41, 5.74) is 3.73. The van der Waals surface area contributed by atoms with Crippen LogP contribution in [-0.4, -0.2) is 85.6 Å². The van der Waals surface area contributed by atoms with Crippen LogP contribution in [0.25, 0.3) is 17.0 Å². The normalized spacial score (nSPS) is 16.8. The lowest BCUT2D eigenvalue weighted by atomic mass is 10.1. The molecule has 0 radical (unpaired) electrons. The number of nitrogens with one attached hydrogen (secondary N) is 2. The Morgan fingerprint density at radius 3 is 2.47 bits per heavy atom. The Balaban J connectivity index is 0.000000591. The SMILES string of the molecule is CCS(=O)(=O)Nc1ccc(Cl)c(NC2=NC(=O)/C(=C/c3ccc4nccc(N5CCN(C)CC5)c4c3)S2)c1.O=C(O)C(F)(F)F. The number of carbonyl (C=O) groups excluding carboxylic acids is 1. The van der Waals surface area contributed by atoms with E-state index in [1.54, 1.807) is 25.1 Å². The molecule has 17 heteroatoms. The van der Waals surface area contributed by atoms with Gasteiger partial charge in [-0.25, -0.2) is 13.2 Å². The number of anilines is 3. The number of sulfonamides is 1. The van der Waals surface area contributed by atoms with Crippen LogP contribution in [0.3, 0.4) is 0 Å². The number of halogens is 4. The van der Waals surface area contributed by atoms with Crippen LogP contribution in [0, 0.1) is 0 Å². The number of alkyl halides is 3. The second kappa shape index (κ2) is 14.1. The third-order valence-corrected chi connectivity index (χ3v) is 9.14. The fourth-order valence-corrected chi connectivity index (χ4v) is 5.85. The highest BCUT2D eigenvalue weighted by molar-refractivity contribution is 8.18. The summed E-state index contributed by atoms with van der Waals surface area (Å²) >= 11 is 7.51. The number of hydrogen-bond acceptors (Lipinski definition) is 9. The topological polar surface area (TPSA) is 144 Å². The van der Waals surface area contributed by atoms with Crippen LogP contribution in [0.5, 0.6) is 0 Å². The van der Waals surface area contributed by atoms with Gasteiger partial charge in [0, 0.05) is 43.4 Å². The number of pyridine rings is 1. The molecule has 0 bridgehead atoms. The summed E-state index contributed by atoms with van der Waals surface area (Å²) in [6.45, 7) is 5.45. The number of fused-ring (bicyclic) bond motifs is 1. The highest BCUT2D eigenvalue weighted by Gasteiger charge is 2.38. The third-order valence-electron chi connectivity index (χ3n) is 6.61. The lowest BCUT2D eigenvalue weighted by Gasteiger charge is -2.34. The van der Waals surface area contributed by atoms with Crippen LogP contribution in [0.1, 0.15) is 12.5 Å². The van der Waals surface area contributed by atoms with Crippen LogP contribution in [-0.2, 0) is 19.6 Å². The number of carbonyl (C=O) groups is 2. The molecule has 3 heterocycles. The Hall–Kier alpha value is -3.86. The predicted octanol–water partition coefficient (Wildman–Crippen LogP) is 5.12. The van der Waals surface area contributed by atoms with E-state index in [4.69, 9.17) is 21.5 Å². The van der Waals surface area contributed by atoms with Crippen LogP contribution >= 0.6 is 23.4 Å². The van der Waals surface area contributed by atoms with Crippen molar-refractivity contribution < 1.29 is 36.3 Å². The molecule has 1 fully saturated rings. The van der Waals surface area contributed by atoms with Crippen molar-refractivity contribution in [3.8, 4) is 0 Å². The number of aromatic nitrogens is 1. The third kappa shape index (κ3) is 9.09. The molecule has 1 amide bonds. The highest BCUT2D eigenvalue weighted by Crippen LogP contribution is 2.34. The van der Waals surface area contributed by atoms with E-state index >= 15 is 0 Å². The van der Waals surface area contributed by atoms with Crippen molar-refractivity contribution in [1.82, 2.24) is 9.88 Å². The van der Waals surface area contributed by atoms with Crippen molar-refractivity contribution in [1.29, 1.82) is 0 Å². The van der Waals surface area contributed by atoms with E-state index in [0.717, 1.165) is 48.3 Å². The Bertz CT molecular complexity index is 1780. The maximum absolute atomic E-state index is 12.7. The number of carboxylic acid groups (broad SMARTS) is 1. The molecule has 1 aromatic heterocycles. The average molecular weight is 685 g/mol. The van der Waals surface area contributed by atoms with Crippen molar-refractivity contribution in [3.05, 3.63) is 64.2 Å². The molecule has 0 saturated carbocycles. The van der Waals surface area contributed by atoms with Crippen molar-refractivity contribution >= 4 is 84.5 Å². The fraction of sp³-hybridized carbons (Fsp3) is 0.286. The summed E-state index contributed by atoms with van der Waals surface area (Å²) in [7, 11) is -1.31. The Morgan fingerprint density at radius 2 is 1.82 bits per heavy atom. The lowest BCUT2D eigenvalue weighted by Crippen LogP contribution is -2.44. The number of piperazine rings is 1. The van der Waals surface area contributed by atoms with Gasteiger partial charge in [0.15, 0.2) is 5.17 Å². The number of amides is 1. The molecule has 0 unspecified atom stereocenters. The van der Waals surface area contributed by atoms with Crippen molar-refractivity contribution in [2.75, 3.05) is 53.9 Å². The molecule has 2 aromatic carbocycles. The number of likely N-dealkylation sites (N-methyl/N-ethyl adjacent to an activating group) is 1. The zero-order chi connectivity index (χ0) is 32.9. The minimum Gasteiger partial charge on any atom is -0.475 e. The zero-order valence-electron chi connectivity index (χ0n) is 23.9. The monoisotopic (exact) mass is 684 g/mol. The van der Waals surface area contributed by atoms with Gasteiger partial charge in [-0.3, -0.25) is 14.5 Å². The maximum Gasteiger partial charge on any atom is 0.490 e. The second-order valence-electron chi connectivity index (χ2n) is 9.86. The summed E-state index contributed by atoms with van der Waals surface area (Å²) in [5, 5.41) is 11.9. The first kappa shape index (κ1) is 34.0. The van der Waals surface area contributed by atoms with Gasteiger partial charge in [0.25, 0.3) is 5.91 Å². The molecule has 240 valence electrons. The predicted molar refractivity (Wildman–Crippen MR) is 171 cm³/mol. The molecule has 0 spiro atoms. The molecular weight excluding hydrogens is 657 g/mol. The number of benzene rings is 2. The number of amidine groups is 1. The first-order valence-electron chi connectivity index (χ1n) is 13.4. The van der Waals surface area contributed by atoms with Gasteiger partial charge in [-0.1, -0.05) is 17.7 Å². The molecule has 5 rings (SSSR count). The molecule has 11 nitrogen and oxygen atoms in total. The van der Waals surface area contributed by atoms with Crippen molar-refractivity contribution in [2.24, 2.45) is 4.99 Å². The number of rotatable bonds is 6. The maximum atomic E-state index is 12.7. The molecule has 0 atom stereocenters. The van der Waals surface area contributed by atoms with Crippen LogP contribution in [0.2, 0.25) is 5.02 Å². The minimum absolute atomic E-state index is 0.0503. The van der Waals surface area contributed by atoms with Gasteiger partial charge in [0.2, 0.25) is 10.0 Å². The van der Waals surface area contributed by atoms with E-state index in [1.807, 2.05) is 30.5 Å². The number of aliphatic carboxylic acids is 1. The van der Waals surface area contributed by atoms with Crippen LogP contribution < -0.4 is 14.9 Å². The van der Waals surface area contributed by atoms with E-state index in [9.17, 15) is 26.4 Å². The van der Waals surface area contributed by atoms with E-state index in [-0.39, 0.29) is 11.7 Å².